The first-order valence-electron chi connectivity index (χ1n) is 5.50. The van der Waals surface area contributed by atoms with Gasteiger partial charge in [-0.2, -0.15) is 13.2 Å². The summed E-state index contributed by atoms with van der Waals surface area (Å²) in [5, 5.41) is 4.29. The van der Waals surface area contributed by atoms with Crippen LogP contribution in [0.1, 0.15) is 5.56 Å². The molecule has 0 saturated heterocycles. The van der Waals surface area contributed by atoms with Crippen LogP contribution in [-0.4, -0.2) is 12.7 Å². The lowest BCUT2D eigenvalue weighted by Gasteiger charge is -2.11. The maximum Gasteiger partial charge on any atom is 0.401 e. The quantitative estimate of drug-likeness (QED) is 0.826. The molecule has 0 aliphatic carbocycles. The summed E-state index contributed by atoms with van der Waals surface area (Å²) in [6, 6.07) is 11.2. The summed E-state index contributed by atoms with van der Waals surface area (Å²) < 4.78 is 36.1. The van der Waals surface area contributed by atoms with E-state index in [4.69, 9.17) is 5.73 Å². The smallest absolute Gasteiger partial charge is 0.398 e. The molecule has 0 amide bonds. The molecule has 2 aromatic carbocycles. The van der Waals surface area contributed by atoms with Crippen molar-refractivity contribution in [1.82, 2.24) is 5.32 Å². The fourth-order valence-corrected chi connectivity index (χ4v) is 1.80. The third-order valence-corrected chi connectivity index (χ3v) is 2.65. The summed E-state index contributed by atoms with van der Waals surface area (Å²) in [4.78, 5) is 0. The van der Waals surface area contributed by atoms with Gasteiger partial charge in [-0.3, -0.25) is 0 Å². The van der Waals surface area contributed by atoms with E-state index in [9.17, 15) is 13.2 Å². The molecule has 0 saturated carbocycles. The zero-order valence-electron chi connectivity index (χ0n) is 9.59. The summed E-state index contributed by atoms with van der Waals surface area (Å²) in [6.45, 7) is -0.907. The number of halogens is 3. The molecule has 0 aliphatic heterocycles. The number of hydrogen-bond acceptors (Lipinski definition) is 2. The van der Waals surface area contributed by atoms with Crippen molar-refractivity contribution in [2.24, 2.45) is 0 Å². The van der Waals surface area contributed by atoms with Crippen LogP contribution in [0.2, 0.25) is 0 Å². The first-order valence-corrected chi connectivity index (χ1v) is 5.50. The van der Waals surface area contributed by atoms with Crippen molar-refractivity contribution in [3.05, 3.63) is 42.0 Å². The highest BCUT2D eigenvalue weighted by atomic mass is 19.4. The molecule has 0 bridgehead atoms. The molecule has 0 radical (unpaired) electrons. The third kappa shape index (κ3) is 3.13. The lowest BCUT2D eigenvalue weighted by atomic mass is 10.1. The van der Waals surface area contributed by atoms with Gasteiger partial charge in [0.25, 0.3) is 0 Å². The lowest BCUT2D eigenvalue weighted by Crippen LogP contribution is -2.28. The first kappa shape index (κ1) is 12.7. The number of nitrogens with two attached hydrogens (primary N) is 1. The van der Waals surface area contributed by atoms with Crippen molar-refractivity contribution in [3.8, 4) is 0 Å². The Morgan fingerprint density at radius 1 is 1.06 bits per heavy atom. The number of nitrogen functional groups attached to an aromatic ring is 1. The van der Waals surface area contributed by atoms with Crippen molar-refractivity contribution in [2.75, 3.05) is 12.3 Å². The van der Waals surface area contributed by atoms with Gasteiger partial charge in [0.15, 0.2) is 0 Å². The van der Waals surface area contributed by atoms with Crippen LogP contribution >= 0.6 is 0 Å². The molecule has 0 aromatic heterocycles. The van der Waals surface area contributed by atoms with Gasteiger partial charge in [-0.15, -0.1) is 0 Å². The van der Waals surface area contributed by atoms with Crippen LogP contribution in [0.4, 0.5) is 18.9 Å². The predicted octanol–water partition coefficient (Wildman–Crippen LogP) is 3.07. The van der Waals surface area contributed by atoms with E-state index in [2.05, 4.69) is 5.32 Å². The fraction of sp³-hybridized carbons (Fsp3) is 0.231. The Hall–Kier alpha value is -1.75. The Morgan fingerprint density at radius 2 is 1.67 bits per heavy atom. The Bertz CT molecular complexity index is 549. The van der Waals surface area contributed by atoms with Crippen molar-refractivity contribution >= 4 is 16.5 Å². The Kier molecular flexibility index (Phi) is 3.43. The van der Waals surface area contributed by atoms with Gasteiger partial charge in [0.2, 0.25) is 0 Å². The minimum Gasteiger partial charge on any atom is -0.398 e. The van der Waals surface area contributed by atoms with E-state index in [-0.39, 0.29) is 6.54 Å². The largest absolute Gasteiger partial charge is 0.401 e. The number of nitrogens with one attached hydrogen (secondary N) is 1. The summed E-state index contributed by atoms with van der Waals surface area (Å²) in [5.74, 6) is 0. The van der Waals surface area contributed by atoms with Gasteiger partial charge in [0.1, 0.15) is 0 Å². The average Bonchev–Trinajstić information content (AvgIpc) is 2.28. The SMILES string of the molecule is Nc1cc2ccccc2cc1CNCC(F)(F)F. The topological polar surface area (TPSA) is 38.0 Å². The van der Waals surface area contributed by atoms with Gasteiger partial charge < -0.3 is 11.1 Å². The zero-order valence-corrected chi connectivity index (χ0v) is 9.59. The number of alkyl halides is 3. The molecule has 0 heterocycles. The van der Waals surface area contributed by atoms with E-state index in [1.165, 1.54) is 0 Å². The Morgan fingerprint density at radius 3 is 2.28 bits per heavy atom. The average molecular weight is 254 g/mol. The highest BCUT2D eigenvalue weighted by Gasteiger charge is 2.26. The zero-order chi connectivity index (χ0) is 13.2. The molecular weight excluding hydrogens is 241 g/mol. The monoisotopic (exact) mass is 254 g/mol. The van der Waals surface area contributed by atoms with Crippen LogP contribution in [0, 0.1) is 0 Å². The highest BCUT2D eigenvalue weighted by Crippen LogP contribution is 2.22. The van der Waals surface area contributed by atoms with Gasteiger partial charge >= 0.3 is 6.18 Å². The van der Waals surface area contributed by atoms with Crippen molar-refractivity contribution in [1.29, 1.82) is 0 Å². The van der Waals surface area contributed by atoms with E-state index in [0.29, 0.717) is 11.3 Å². The lowest BCUT2D eigenvalue weighted by molar-refractivity contribution is -0.125. The Balaban J connectivity index is 2.15. The number of anilines is 1. The van der Waals surface area contributed by atoms with Gasteiger partial charge in [-0.25, -0.2) is 0 Å². The van der Waals surface area contributed by atoms with Crippen LogP contribution < -0.4 is 11.1 Å². The van der Waals surface area contributed by atoms with E-state index in [1.54, 1.807) is 6.07 Å². The standard InChI is InChI=1S/C13H13F3N2/c14-13(15,16)8-18-7-11-5-9-3-1-2-4-10(9)6-12(11)17/h1-6,18H,7-8,17H2. The molecule has 2 rings (SSSR count). The maximum atomic E-state index is 12.0. The molecule has 0 atom stereocenters. The molecule has 2 aromatic rings. The third-order valence-electron chi connectivity index (χ3n) is 2.65. The second kappa shape index (κ2) is 4.86. The van der Waals surface area contributed by atoms with Crippen LogP contribution in [0.5, 0.6) is 0 Å². The summed E-state index contributed by atoms with van der Waals surface area (Å²) in [6.07, 6.45) is -4.20. The van der Waals surface area contributed by atoms with Crippen LogP contribution in [-0.2, 0) is 6.54 Å². The molecule has 0 spiro atoms. The molecule has 5 heteroatoms. The van der Waals surface area contributed by atoms with Crippen LogP contribution in [0.25, 0.3) is 10.8 Å². The first-order chi connectivity index (χ1) is 8.46. The van der Waals surface area contributed by atoms with E-state index in [0.717, 1.165) is 10.8 Å². The van der Waals surface area contributed by atoms with Gasteiger partial charge in [-0.05, 0) is 28.5 Å². The van der Waals surface area contributed by atoms with Crippen LogP contribution in [0.3, 0.4) is 0 Å². The molecular formula is C13H13F3N2. The normalized spacial score (nSPS) is 11.9. The predicted molar refractivity (Wildman–Crippen MR) is 66.1 cm³/mol. The van der Waals surface area contributed by atoms with E-state index < -0.39 is 12.7 Å². The maximum absolute atomic E-state index is 12.0. The molecule has 18 heavy (non-hydrogen) atoms. The van der Waals surface area contributed by atoms with Gasteiger partial charge in [-0.1, -0.05) is 24.3 Å². The van der Waals surface area contributed by atoms with Gasteiger partial charge in [0, 0.05) is 12.2 Å². The summed E-state index contributed by atoms with van der Waals surface area (Å²) in [5.41, 5.74) is 7.00. The molecule has 2 nitrogen and oxygen atoms in total. The van der Waals surface area contributed by atoms with Crippen molar-refractivity contribution in [3.63, 3.8) is 0 Å². The minimum absolute atomic E-state index is 0.107. The number of hydrogen-bond donors (Lipinski definition) is 2. The molecule has 3 N–H and O–H groups in total. The number of rotatable bonds is 3. The molecule has 0 aliphatic rings. The fourth-order valence-electron chi connectivity index (χ4n) is 1.80. The second-order valence-corrected chi connectivity index (χ2v) is 4.12. The summed E-state index contributed by atoms with van der Waals surface area (Å²) >= 11 is 0. The van der Waals surface area contributed by atoms with Crippen molar-refractivity contribution in [2.45, 2.75) is 12.7 Å². The number of fused-ring (bicyclic) bond motifs is 1. The minimum atomic E-state index is -4.20. The second-order valence-electron chi connectivity index (χ2n) is 4.12. The molecule has 96 valence electrons. The van der Waals surface area contributed by atoms with Crippen LogP contribution in [0.15, 0.2) is 36.4 Å². The van der Waals surface area contributed by atoms with Crippen molar-refractivity contribution < 1.29 is 13.2 Å². The molecule has 0 unspecified atom stereocenters. The highest BCUT2D eigenvalue weighted by molar-refractivity contribution is 5.86. The van der Waals surface area contributed by atoms with Gasteiger partial charge in [0.05, 0.1) is 6.54 Å². The Labute approximate surface area is 103 Å². The summed E-state index contributed by atoms with van der Waals surface area (Å²) in [7, 11) is 0. The van der Waals surface area contributed by atoms with E-state index in [1.807, 2.05) is 30.3 Å². The van der Waals surface area contributed by atoms with E-state index >= 15 is 0 Å². The number of benzene rings is 2. The molecule has 0 fully saturated rings.